The molecule has 0 heterocycles. The maximum atomic E-state index is 10.1. The highest BCUT2D eigenvalue weighted by Crippen LogP contribution is 2.06. The zero-order valence-corrected chi connectivity index (χ0v) is 8.07. The zero-order chi connectivity index (χ0) is 10.1. The number of unbranched alkanes of at least 4 members (excludes halogenated alkanes) is 2. The van der Waals surface area contributed by atoms with Gasteiger partial charge in [-0.2, -0.15) is 0 Å². The molecule has 0 spiro atoms. The number of hydrogen-bond acceptors (Lipinski definition) is 2. The van der Waals surface area contributed by atoms with E-state index in [1.165, 1.54) is 6.08 Å². The first-order valence-corrected chi connectivity index (χ1v) is 4.74. The van der Waals surface area contributed by atoms with Gasteiger partial charge >= 0.3 is 5.97 Å². The second-order valence-electron chi connectivity index (χ2n) is 3.13. The lowest BCUT2D eigenvalue weighted by Crippen LogP contribution is -2.04. The van der Waals surface area contributed by atoms with Crippen LogP contribution in [0.4, 0.5) is 0 Å². The van der Waals surface area contributed by atoms with E-state index in [1.54, 1.807) is 0 Å². The summed E-state index contributed by atoms with van der Waals surface area (Å²) in [6.07, 6.45) is 6.66. The first kappa shape index (κ1) is 12.2. The van der Waals surface area contributed by atoms with Crippen LogP contribution in [-0.4, -0.2) is 22.3 Å². The van der Waals surface area contributed by atoms with E-state index < -0.39 is 5.97 Å². The zero-order valence-electron chi connectivity index (χ0n) is 8.07. The standard InChI is InChI=1S/C10H18O3/c1-2-3-4-6-9(11)7-5-8-10(12)13/h5,8-9,11H,2-4,6-7H2,1H3,(H,12,13)/b8-5-/t9-/m1/s1. The van der Waals surface area contributed by atoms with E-state index in [0.717, 1.165) is 31.8 Å². The van der Waals surface area contributed by atoms with Crippen LogP contribution in [0.2, 0.25) is 0 Å². The molecule has 0 radical (unpaired) electrons. The topological polar surface area (TPSA) is 57.5 Å². The number of hydrogen-bond donors (Lipinski definition) is 2. The van der Waals surface area contributed by atoms with Gasteiger partial charge in [0.05, 0.1) is 6.10 Å². The van der Waals surface area contributed by atoms with Crippen LogP contribution in [0.1, 0.15) is 39.0 Å². The van der Waals surface area contributed by atoms with Crippen molar-refractivity contribution >= 4 is 5.97 Å². The smallest absolute Gasteiger partial charge is 0.327 e. The van der Waals surface area contributed by atoms with E-state index in [1.807, 2.05) is 0 Å². The van der Waals surface area contributed by atoms with Crippen molar-refractivity contribution in [1.29, 1.82) is 0 Å². The van der Waals surface area contributed by atoms with Crippen molar-refractivity contribution in [3.8, 4) is 0 Å². The molecule has 2 N–H and O–H groups in total. The predicted molar refractivity (Wildman–Crippen MR) is 51.5 cm³/mol. The molecule has 0 amide bonds. The Balaban J connectivity index is 3.39. The van der Waals surface area contributed by atoms with E-state index in [9.17, 15) is 9.90 Å². The molecule has 0 rings (SSSR count). The summed E-state index contributed by atoms with van der Waals surface area (Å²) in [4.78, 5) is 10.1. The Bertz CT molecular complexity index is 164. The maximum Gasteiger partial charge on any atom is 0.327 e. The Morgan fingerprint density at radius 2 is 2.15 bits per heavy atom. The molecule has 0 unspecified atom stereocenters. The van der Waals surface area contributed by atoms with Gasteiger partial charge in [-0.05, 0) is 12.8 Å². The number of carbonyl (C=O) groups is 1. The molecule has 0 saturated carbocycles. The van der Waals surface area contributed by atoms with Gasteiger partial charge in [0.15, 0.2) is 0 Å². The third kappa shape index (κ3) is 9.08. The third-order valence-electron chi connectivity index (χ3n) is 1.81. The minimum atomic E-state index is -0.958. The fourth-order valence-electron chi connectivity index (χ4n) is 1.07. The number of aliphatic hydroxyl groups excluding tert-OH is 1. The molecule has 0 fully saturated rings. The number of rotatable bonds is 7. The number of aliphatic carboxylic acids is 1. The van der Waals surface area contributed by atoms with Crippen LogP contribution in [0.3, 0.4) is 0 Å². The summed E-state index contributed by atoms with van der Waals surface area (Å²) in [6.45, 7) is 2.11. The summed E-state index contributed by atoms with van der Waals surface area (Å²) in [6, 6.07) is 0. The molecule has 0 aliphatic rings. The Kier molecular flexibility index (Phi) is 7.30. The maximum absolute atomic E-state index is 10.1. The van der Waals surface area contributed by atoms with Gasteiger partial charge in [0.2, 0.25) is 0 Å². The third-order valence-corrected chi connectivity index (χ3v) is 1.81. The molecule has 0 aromatic rings. The fourth-order valence-corrected chi connectivity index (χ4v) is 1.07. The van der Waals surface area contributed by atoms with Crippen LogP contribution in [0.25, 0.3) is 0 Å². The SMILES string of the molecule is CCCCC[C@@H](O)C/C=C\C(=O)O. The van der Waals surface area contributed by atoms with E-state index >= 15 is 0 Å². The highest BCUT2D eigenvalue weighted by atomic mass is 16.4. The van der Waals surface area contributed by atoms with Gasteiger partial charge in [-0.1, -0.05) is 32.3 Å². The Labute approximate surface area is 79.1 Å². The summed E-state index contributed by atoms with van der Waals surface area (Å²) in [5, 5.41) is 17.6. The van der Waals surface area contributed by atoms with Crippen LogP contribution in [0.5, 0.6) is 0 Å². The molecular weight excluding hydrogens is 168 g/mol. The van der Waals surface area contributed by atoms with Crippen molar-refractivity contribution in [2.45, 2.75) is 45.1 Å². The predicted octanol–water partition coefficient (Wildman–Crippen LogP) is 1.96. The summed E-state index contributed by atoms with van der Waals surface area (Å²) in [5.74, 6) is -0.958. The lowest BCUT2D eigenvalue weighted by molar-refractivity contribution is -0.131. The number of carboxylic acid groups (broad SMARTS) is 1. The van der Waals surface area contributed by atoms with Crippen molar-refractivity contribution in [3.63, 3.8) is 0 Å². The van der Waals surface area contributed by atoms with Crippen molar-refractivity contribution in [1.82, 2.24) is 0 Å². The van der Waals surface area contributed by atoms with Crippen LogP contribution in [0, 0.1) is 0 Å². The normalized spacial score (nSPS) is 13.4. The van der Waals surface area contributed by atoms with Gasteiger partial charge in [-0.25, -0.2) is 4.79 Å². The second-order valence-corrected chi connectivity index (χ2v) is 3.13. The first-order chi connectivity index (χ1) is 6.16. The first-order valence-electron chi connectivity index (χ1n) is 4.74. The highest BCUT2D eigenvalue weighted by Gasteiger charge is 2.00. The van der Waals surface area contributed by atoms with Gasteiger partial charge in [-0.3, -0.25) is 0 Å². The molecule has 0 aromatic carbocycles. The van der Waals surface area contributed by atoms with Crippen LogP contribution in [0.15, 0.2) is 12.2 Å². The van der Waals surface area contributed by atoms with Gasteiger partial charge in [0.25, 0.3) is 0 Å². The molecular formula is C10H18O3. The molecule has 0 aliphatic heterocycles. The molecule has 1 atom stereocenters. The van der Waals surface area contributed by atoms with Gasteiger partial charge in [0.1, 0.15) is 0 Å². The quantitative estimate of drug-likeness (QED) is 0.472. The molecule has 0 saturated heterocycles. The Morgan fingerprint density at radius 1 is 1.46 bits per heavy atom. The minimum Gasteiger partial charge on any atom is -0.478 e. The Morgan fingerprint density at radius 3 is 2.69 bits per heavy atom. The van der Waals surface area contributed by atoms with Gasteiger partial charge < -0.3 is 10.2 Å². The van der Waals surface area contributed by atoms with E-state index in [4.69, 9.17) is 5.11 Å². The fraction of sp³-hybridized carbons (Fsp3) is 0.700. The van der Waals surface area contributed by atoms with Crippen LogP contribution >= 0.6 is 0 Å². The summed E-state index contributed by atoms with van der Waals surface area (Å²) >= 11 is 0. The van der Waals surface area contributed by atoms with Crippen molar-refractivity contribution in [3.05, 3.63) is 12.2 Å². The summed E-state index contributed by atoms with van der Waals surface area (Å²) in [5.41, 5.74) is 0. The summed E-state index contributed by atoms with van der Waals surface area (Å²) < 4.78 is 0. The summed E-state index contributed by atoms with van der Waals surface area (Å²) in [7, 11) is 0. The lowest BCUT2D eigenvalue weighted by atomic mass is 10.1. The highest BCUT2D eigenvalue weighted by molar-refractivity contribution is 5.79. The van der Waals surface area contributed by atoms with Gasteiger partial charge in [0, 0.05) is 6.08 Å². The molecule has 3 heteroatoms. The average Bonchev–Trinajstić information content (AvgIpc) is 2.04. The van der Waals surface area contributed by atoms with Crippen LogP contribution < -0.4 is 0 Å². The van der Waals surface area contributed by atoms with Crippen LogP contribution in [-0.2, 0) is 4.79 Å². The average molecular weight is 186 g/mol. The Hall–Kier alpha value is -0.830. The second kappa shape index (κ2) is 7.80. The van der Waals surface area contributed by atoms with Crippen molar-refractivity contribution in [2.75, 3.05) is 0 Å². The molecule has 0 aromatic heterocycles. The molecule has 3 nitrogen and oxygen atoms in total. The number of aliphatic hydroxyl groups is 1. The van der Waals surface area contributed by atoms with Crippen molar-refractivity contribution < 1.29 is 15.0 Å². The molecule has 0 aliphatic carbocycles. The van der Waals surface area contributed by atoms with Gasteiger partial charge in [-0.15, -0.1) is 0 Å². The largest absolute Gasteiger partial charge is 0.478 e. The minimum absolute atomic E-state index is 0.387. The molecule has 0 bridgehead atoms. The lowest BCUT2D eigenvalue weighted by Gasteiger charge is -2.05. The van der Waals surface area contributed by atoms with E-state index in [0.29, 0.717) is 6.42 Å². The van der Waals surface area contributed by atoms with Crippen molar-refractivity contribution in [2.24, 2.45) is 0 Å². The number of carboxylic acids is 1. The van der Waals surface area contributed by atoms with E-state index in [-0.39, 0.29) is 6.10 Å². The molecule has 13 heavy (non-hydrogen) atoms. The van der Waals surface area contributed by atoms with E-state index in [2.05, 4.69) is 6.92 Å². The molecule has 76 valence electrons. The monoisotopic (exact) mass is 186 g/mol.